The summed E-state index contributed by atoms with van der Waals surface area (Å²) in [4.78, 5) is 11.8. The van der Waals surface area contributed by atoms with Crippen molar-refractivity contribution in [1.82, 2.24) is 10.2 Å². The van der Waals surface area contributed by atoms with Gasteiger partial charge in [-0.3, -0.25) is 5.10 Å². The highest BCUT2D eigenvalue weighted by atomic mass is 16.4. The van der Waals surface area contributed by atoms with Crippen molar-refractivity contribution in [1.29, 1.82) is 0 Å². The lowest BCUT2D eigenvalue weighted by Crippen LogP contribution is -2.01. The zero-order chi connectivity index (χ0) is 17.9. The highest BCUT2D eigenvalue weighted by Crippen LogP contribution is 2.30. The number of nitrogens with zero attached hydrogens (tertiary/aromatic N) is 1. The molecule has 0 amide bonds. The van der Waals surface area contributed by atoms with Crippen LogP contribution in [0.5, 0.6) is 0 Å². The maximum atomic E-state index is 11.8. The molecule has 0 saturated carbocycles. The molecule has 0 atom stereocenters. The number of carboxylic acids is 1. The summed E-state index contributed by atoms with van der Waals surface area (Å²) >= 11 is 0. The van der Waals surface area contributed by atoms with Crippen LogP contribution in [0.25, 0.3) is 22.0 Å². The van der Waals surface area contributed by atoms with Crippen LogP contribution in [0.15, 0.2) is 72.9 Å². The predicted molar refractivity (Wildman–Crippen MR) is 101 cm³/mol. The van der Waals surface area contributed by atoms with Crippen LogP contribution in [0.2, 0.25) is 0 Å². The molecule has 4 aromatic rings. The van der Waals surface area contributed by atoms with E-state index in [0.29, 0.717) is 11.1 Å². The van der Waals surface area contributed by atoms with Crippen molar-refractivity contribution in [3.63, 3.8) is 0 Å². The lowest BCUT2D eigenvalue weighted by atomic mass is 9.93. The number of H-pyrrole nitrogens is 1. The summed E-state index contributed by atoms with van der Waals surface area (Å²) in [6.07, 6.45) is 1.73. The average Bonchev–Trinajstić information content (AvgIpc) is 3.14. The second-order valence-corrected chi connectivity index (χ2v) is 5.82. The number of benzene rings is 3. The highest BCUT2D eigenvalue weighted by Gasteiger charge is 2.15. The zero-order valence-electron chi connectivity index (χ0n) is 13.7. The first-order chi connectivity index (χ1) is 12.7. The summed E-state index contributed by atoms with van der Waals surface area (Å²) in [5, 5.41) is 17.6. The molecule has 2 N–H and O–H groups in total. The van der Waals surface area contributed by atoms with E-state index in [2.05, 4.69) is 22.0 Å². The first-order valence-corrected chi connectivity index (χ1v) is 8.09. The molecular formula is C22H14N2O2. The fraction of sp³-hybridized carbons (Fsp3) is 0. The van der Waals surface area contributed by atoms with E-state index in [1.54, 1.807) is 18.3 Å². The smallest absolute Gasteiger partial charge is 0.336 e. The van der Waals surface area contributed by atoms with Gasteiger partial charge in [0.15, 0.2) is 0 Å². The van der Waals surface area contributed by atoms with Crippen LogP contribution in [0.3, 0.4) is 0 Å². The van der Waals surface area contributed by atoms with E-state index in [-0.39, 0.29) is 5.56 Å². The van der Waals surface area contributed by atoms with Gasteiger partial charge in [0.25, 0.3) is 0 Å². The molecule has 3 aromatic carbocycles. The summed E-state index contributed by atoms with van der Waals surface area (Å²) in [5.74, 6) is 5.25. The minimum absolute atomic E-state index is 0.226. The Morgan fingerprint density at radius 2 is 1.81 bits per heavy atom. The lowest BCUT2D eigenvalue weighted by Gasteiger charge is -2.09. The van der Waals surface area contributed by atoms with Crippen LogP contribution in [0.1, 0.15) is 21.5 Å². The summed E-state index contributed by atoms with van der Waals surface area (Å²) in [7, 11) is 0. The summed E-state index contributed by atoms with van der Waals surface area (Å²) in [5.41, 5.74) is 4.03. The normalized spacial score (nSPS) is 10.3. The third-order valence-electron chi connectivity index (χ3n) is 4.14. The summed E-state index contributed by atoms with van der Waals surface area (Å²) < 4.78 is 0. The Kier molecular flexibility index (Phi) is 3.97. The largest absolute Gasteiger partial charge is 0.478 e. The van der Waals surface area contributed by atoms with Gasteiger partial charge in [0.2, 0.25) is 0 Å². The number of hydrogen-bond acceptors (Lipinski definition) is 2. The molecule has 1 aromatic heterocycles. The van der Waals surface area contributed by atoms with E-state index in [0.717, 1.165) is 22.0 Å². The number of carboxylic acid groups (broad SMARTS) is 1. The van der Waals surface area contributed by atoms with Crippen LogP contribution in [-0.2, 0) is 0 Å². The topological polar surface area (TPSA) is 66.0 Å². The Labute approximate surface area is 150 Å². The third-order valence-corrected chi connectivity index (χ3v) is 4.14. The molecule has 0 unspecified atom stereocenters. The minimum Gasteiger partial charge on any atom is -0.478 e. The fourth-order valence-electron chi connectivity index (χ4n) is 2.90. The SMILES string of the molecule is O=C(O)c1cccc(C#Cc2ccccc2)c1-c1ccc2cn[nH]c2c1. The monoisotopic (exact) mass is 338 g/mol. The van der Waals surface area contributed by atoms with Crippen molar-refractivity contribution in [3.8, 4) is 23.0 Å². The zero-order valence-corrected chi connectivity index (χ0v) is 13.7. The van der Waals surface area contributed by atoms with Gasteiger partial charge in [0, 0.05) is 22.1 Å². The molecule has 26 heavy (non-hydrogen) atoms. The van der Waals surface area contributed by atoms with E-state index < -0.39 is 5.97 Å². The van der Waals surface area contributed by atoms with Gasteiger partial charge >= 0.3 is 5.97 Å². The van der Waals surface area contributed by atoms with Crippen molar-refractivity contribution in [2.75, 3.05) is 0 Å². The fourth-order valence-corrected chi connectivity index (χ4v) is 2.90. The molecule has 0 fully saturated rings. The number of hydrogen-bond donors (Lipinski definition) is 2. The molecule has 0 radical (unpaired) electrons. The Morgan fingerprint density at radius 1 is 0.962 bits per heavy atom. The summed E-state index contributed by atoms with van der Waals surface area (Å²) in [6.45, 7) is 0. The van der Waals surface area contributed by atoms with Gasteiger partial charge in [-0.15, -0.1) is 0 Å². The van der Waals surface area contributed by atoms with Gasteiger partial charge in [-0.1, -0.05) is 48.2 Å². The van der Waals surface area contributed by atoms with E-state index in [9.17, 15) is 9.90 Å². The van der Waals surface area contributed by atoms with Crippen molar-refractivity contribution in [3.05, 3.63) is 89.6 Å². The van der Waals surface area contributed by atoms with E-state index in [1.165, 1.54) is 0 Å². The molecule has 1 heterocycles. The Morgan fingerprint density at radius 3 is 2.62 bits per heavy atom. The van der Waals surface area contributed by atoms with Gasteiger partial charge in [-0.05, 0) is 35.9 Å². The van der Waals surface area contributed by atoms with Crippen molar-refractivity contribution in [2.45, 2.75) is 0 Å². The maximum absolute atomic E-state index is 11.8. The lowest BCUT2D eigenvalue weighted by molar-refractivity contribution is 0.0697. The second-order valence-electron chi connectivity index (χ2n) is 5.82. The van der Waals surface area contributed by atoms with Gasteiger partial charge < -0.3 is 5.11 Å². The number of aromatic carboxylic acids is 1. The van der Waals surface area contributed by atoms with Crippen molar-refractivity contribution < 1.29 is 9.90 Å². The molecule has 0 aliphatic carbocycles. The molecule has 0 bridgehead atoms. The molecular weight excluding hydrogens is 324 g/mol. The molecule has 124 valence electrons. The van der Waals surface area contributed by atoms with Crippen molar-refractivity contribution in [2.24, 2.45) is 0 Å². The number of aromatic nitrogens is 2. The number of rotatable bonds is 2. The number of nitrogens with one attached hydrogen (secondary N) is 1. The number of aromatic amines is 1. The van der Waals surface area contributed by atoms with Crippen molar-refractivity contribution >= 4 is 16.9 Å². The predicted octanol–water partition coefficient (Wildman–Crippen LogP) is 4.33. The molecule has 4 heteroatoms. The highest BCUT2D eigenvalue weighted by molar-refractivity contribution is 5.99. The quantitative estimate of drug-likeness (QED) is 0.535. The number of fused-ring (bicyclic) bond motifs is 1. The Hall–Kier alpha value is -3.84. The van der Waals surface area contributed by atoms with Gasteiger partial charge in [-0.25, -0.2) is 4.79 Å². The maximum Gasteiger partial charge on any atom is 0.336 e. The molecule has 0 saturated heterocycles. The second kappa shape index (κ2) is 6.58. The first kappa shape index (κ1) is 15.7. The molecule has 4 rings (SSSR count). The summed E-state index contributed by atoms with van der Waals surface area (Å²) in [6, 6.07) is 20.5. The first-order valence-electron chi connectivity index (χ1n) is 8.09. The van der Waals surface area contributed by atoms with E-state index in [4.69, 9.17) is 0 Å². The Balaban J connectivity index is 1.91. The minimum atomic E-state index is -0.979. The van der Waals surface area contributed by atoms with Gasteiger partial charge in [-0.2, -0.15) is 5.10 Å². The van der Waals surface area contributed by atoms with Crippen LogP contribution in [0, 0.1) is 11.8 Å². The van der Waals surface area contributed by atoms with E-state index in [1.807, 2.05) is 54.6 Å². The standard InChI is InChI=1S/C22H14N2O2/c25-22(26)19-8-4-7-16(10-9-15-5-2-1-3-6-15)21(19)17-11-12-18-14-23-24-20(18)13-17/h1-8,11-14H,(H,23,24)(H,25,26). The third kappa shape index (κ3) is 2.94. The molecule has 0 aliphatic heterocycles. The van der Waals surface area contributed by atoms with Crippen LogP contribution < -0.4 is 0 Å². The van der Waals surface area contributed by atoms with Crippen LogP contribution in [-0.4, -0.2) is 21.3 Å². The van der Waals surface area contributed by atoms with Crippen LogP contribution >= 0.6 is 0 Å². The molecule has 4 nitrogen and oxygen atoms in total. The number of carbonyl (C=O) groups is 1. The van der Waals surface area contributed by atoms with Gasteiger partial charge in [0.1, 0.15) is 0 Å². The Bertz CT molecular complexity index is 1160. The average molecular weight is 338 g/mol. The molecule has 0 spiro atoms. The van der Waals surface area contributed by atoms with Gasteiger partial charge in [0.05, 0.1) is 17.3 Å². The van der Waals surface area contributed by atoms with E-state index >= 15 is 0 Å². The van der Waals surface area contributed by atoms with Crippen LogP contribution in [0.4, 0.5) is 0 Å². The molecule has 0 aliphatic rings.